The van der Waals surface area contributed by atoms with E-state index in [4.69, 9.17) is 4.98 Å². The van der Waals surface area contributed by atoms with Crippen LogP contribution in [0.2, 0.25) is 0 Å². The van der Waals surface area contributed by atoms with Crippen LogP contribution in [0.5, 0.6) is 0 Å². The Balaban J connectivity index is 1.56. The van der Waals surface area contributed by atoms with Gasteiger partial charge in [-0.05, 0) is 37.8 Å². The molecule has 134 valence electrons. The van der Waals surface area contributed by atoms with Gasteiger partial charge in [-0.3, -0.25) is 9.20 Å². The molecule has 1 aliphatic heterocycles. The maximum absolute atomic E-state index is 12.9. The lowest BCUT2D eigenvalue weighted by Crippen LogP contribution is -2.28. The van der Waals surface area contributed by atoms with E-state index in [9.17, 15) is 4.79 Å². The fraction of sp³-hybridized carbons (Fsp3) is 0.450. The van der Waals surface area contributed by atoms with Crippen molar-refractivity contribution in [1.29, 1.82) is 0 Å². The number of hydrogen-bond acceptors (Lipinski definition) is 3. The topological polar surface area (TPSA) is 55.4 Å². The number of likely N-dealkylation sites (tertiary alicyclic amines) is 1. The zero-order valence-corrected chi connectivity index (χ0v) is 14.8. The van der Waals surface area contributed by atoms with Crippen molar-refractivity contribution in [3.63, 3.8) is 0 Å². The van der Waals surface area contributed by atoms with E-state index in [1.54, 1.807) is 0 Å². The Kier molecular flexibility index (Phi) is 3.76. The van der Waals surface area contributed by atoms with E-state index >= 15 is 0 Å². The number of fused-ring (bicyclic) bond motifs is 1. The average Bonchev–Trinajstić information content (AvgIpc) is 3.47. The summed E-state index contributed by atoms with van der Waals surface area (Å²) in [7, 11) is 0. The summed E-state index contributed by atoms with van der Waals surface area (Å²) in [6.45, 7) is 1.66. The third-order valence-corrected chi connectivity index (χ3v) is 5.72. The SMILES string of the molecule is O=C(c1nc(-c2cn(C3CCCC3)cn2)n2ccccc12)N1CCCC1. The molecule has 0 N–H and O–H groups in total. The number of rotatable bonds is 3. The molecule has 2 aliphatic rings. The van der Waals surface area contributed by atoms with Crippen LogP contribution in [-0.4, -0.2) is 42.8 Å². The van der Waals surface area contributed by atoms with Crippen LogP contribution >= 0.6 is 0 Å². The fourth-order valence-electron chi connectivity index (χ4n) is 4.30. The van der Waals surface area contributed by atoms with Crippen molar-refractivity contribution >= 4 is 11.4 Å². The van der Waals surface area contributed by atoms with Crippen molar-refractivity contribution in [2.45, 2.75) is 44.6 Å². The van der Waals surface area contributed by atoms with Crippen molar-refractivity contribution in [1.82, 2.24) is 23.8 Å². The first-order valence-electron chi connectivity index (χ1n) is 9.61. The molecule has 1 aliphatic carbocycles. The summed E-state index contributed by atoms with van der Waals surface area (Å²) in [5.74, 6) is 0.785. The number of hydrogen-bond donors (Lipinski definition) is 0. The summed E-state index contributed by atoms with van der Waals surface area (Å²) in [6, 6.07) is 6.44. The number of carbonyl (C=O) groups excluding carboxylic acids is 1. The first-order chi connectivity index (χ1) is 12.8. The van der Waals surface area contributed by atoms with Crippen LogP contribution < -0.4 is 0 Å². The number of pyridine rings is 1. The lowest BCUT2D eigenvalue weighted by atomic mass is 10.2. The second-order valence-corrected chi connectivity index (χ2v) is 7.38. The van der Waals surface area contributed by atoms with E-state index in [-0.39, 0.29) is 5.91 Å². The number of amides is 1. The van der Waals surface area contributed by atoms with E-state index in [1.807, 2.05) is 40.0 Å². The second kappa shape index (κ2) is 6.27. The summed E-state index contributed by atoms with van der Waals surface area (Å²) in [5.41, 5.74) is 2.23. The van der Waals surface area contributed by atoms with Gasteiger partial charge in [-0.2, -0.15) is 0 Å². The van der Waals surface area contributed by atoms with Crippen LogP contribution in [0.25, 0.3) is 17.0 Å². The van der Waals surface area contributed by atoms with Crippen LogP contribution in [0, 0.1) is 0 Å². The van der Waals surface area contributed by atoms with Crippen molar-refractivity contribution in [3.8, 4) is 11.5 Å². The average molecular weight is 349 g/mol. The monoisotopic (exact) mass is 349 g/mol. The van der Waals surface area contributed by atoms with Crippen molar-refractivity contribution in [2.75, 3.05) is 13.1 Å². The zero-order chi connectivity index (χ0) is 17.5. The summed E-state index contributed by atoms with van der Waals surface area (Å²) < 4.78 is 4.21. The third kappa shape index (κ3) is 2.52. The molecule has 6 heteroatoms. The van der Waals surface area contributed by atoms with Gasteiger partial charge in [0.2, 0.25) is 0 Å². The zero-order valence-electron chi connectivity index (χ0n) is 14.8. The molecule has 0 bridgehead atoms. The van der Waals surface area contributed by atoms with Gasteiger partial charge >= 0.3 is 0 Å². The molecule has 5 rings (SSSR count). The molecule has 0 atom stereocenters. The Bertz CT molecular complexity index is 944. The molecule has 1 amide bonds. The van der Waals surface area contributed by atoms with Gasteiger partial charge in [0, 0.05) is 31.5 Å². The second-order valence-electron chi connectivity index (χ2n) is 7.38. The number of nitrogens with zero attached hydrogens (tertiary/aromatic N) is 5. The van der Waals surface area contributed by atoms with Gasteiger partial charge in [-0.15, -0.1) is 0 Å². The molecular weight excluding hydrogens is 326 g/mol. The highest BCUT2D eigenvalue weighted by molar-refractivity contribution is 6.00. The smallest absolute Gasteiger partial charge is 0.274 e. The van der Waals surface area contributed by atoms with Gasteiger partial charge in [0.25, 0.3) is 5.91 Å². The van der Waals surface area contributed by atoms with E-state index in [0.717, 1.165) is 43.0 Å². The summed E-state index contributed by atoms with van der Waals surface area (Å²) in [5, 5.41) is 0. The molecule has 3 aromatic heterocycles. The molecule has 0 unspecified atom stereocenters. The summed E-state index contributed by atoms with van der Waals surface area (Å²) in [6.07, 6.45) is 13.1. The van der Waals surface area contributed by atoms with Crippen LogP contribution in [0.15, 0.2) is 36.9 Å². The minimum absolute atomic E-state index is 0.0349. The molecule has 1 saturated heterocycles. The van der Waals surface area contributed by atoms with Crippen LogP contribution in [0.1, 0.15) is 55.1 Å². The Morgan fingerprint density at radius 1 is 1.08 bits per heavy atom. The van der Waals surface area contributed by atoms with E-state index < -0.39 is 0 Å². The van der Waals surface area contributed by atoms with Crippen molar-refractivity contribution < 1.29 is 4.79 Å². The highest BCUT2D eigenvalue weighted by Crippen LogP contribution is 2.31. The predicted molar refractivity (Wildman–Crippen MR) is 99.1 cm³/mol. The minimum atomic E-state index is 0.0349. The molecule has 6 nitrogen and oxygen atoms in total. The van der Waals surface area contributed by atoms with Crippen LogP contribution in [-0.2, 0) is 0 Å². The van der Waals surface area contributed by atoms with Crippen LogP contribution in [0.3, 0.4) is 0 Å². The molecule has 0 aromatic carbocycles. The molecule has 3 aromatic rings. The van der Waals surface area contributed by atoms with Gasteiger partial charge in [0.05, 0.1) is 11.8 Å². The molecule has 4 heterocycles. The third-order valence-electron chi connectivity index (χ3n) is 5.72. The van der Waals surface area contributed by atoms with Crippen molar-refractivity contribution in [3.05, 3.63) is 42.6 Å². The Morgan fingerprint density at radius 3 is 2.69 bits per heavy atom. The van der Waals surface area contributed by atoms with Gasteiger partial charge in [0.15, 0.2) is 11.5 Å². The first-order valence-corrected chi connectivity index (χ1v) is 9.61. The quantitative estimate of drug-likeness (QED) is 0.727. The van der Waals surface area contributed by atoms with E-state index in [0.29, 0.717) is 11.7 Å². The molecule has 2 fully saturated rings. The van der Waals surface area contributed by atoms with Gasteiger partial charge < -0.3 is 9.47 Å². The van der Waals surface area contributed by atoms with Gasteiger partial charge in [-0.25, -0.2) is 9.97 Å². The lowest BCUT2D eigenvalue weighted by Gasteiger charge is -2.13. The maximum atomic E-state index is 12.9. The Labute approximate surface area is 152 Å². The van der Waals surface area contributed by atoms with Crippen LogP contribution in [0.4, 0.5) is 0 Å². The molecule has 26 heavy (non-hydrogen) atoms. The number of aromatic nitrogens is 4. The van der Waals surface area contributed by atoms with Gasteiger partial charge in [-0.1, -0.05) is 18.9 Å². The molecule has 1 saturated carbocycles. The number of carbonyl (C=O) groups is 1. The van der Waals surface area contributed by atoms with Crippen molar-refractivity contribution in [2.24, 2.45) is 0 Å². The fourth-order valence-corrected chi connectivity index (χ4v) is 4.30. The molecule has 0 radical (unpaired) electrons. The predicted octanol–water partition coefficient (Wildman–Crippen LogP) is 3.55. The van der Waals surface area contributed by atoms with Gasteiger partial charge in [0.1, 0.15) is 5.69 Å². The summed E-state index contributed by atoms with van der Waals surface area (Å²) in [4.78, 5) is 24.2. The normalized spacial score (nSPS) is 18.2. The first kappa shape index (κ1) is 15.6. The Hall–Kier alpha value is -2.63. The lowest BCUT2D eigenvalue weighted by molar-refractivity contribution is 0.0789. The highest BCUT2D eigenvalue weighted by atomic mass is 16.2. The Morgan fingerprint density at radius 2 is 1.88 bits per heavy atom. The number of imidazole rings is 2. The maximum Gasteiger partial charge on any atom is 0.274 e. The minimum Gasteiger partial charge on any atom is -0.337 e. The molecule has 0 spiro atoms. The highest BCUT2D eigenvalue weighted by Gasteiger charge is 2.26. The largest absolute Gasteiger partial charge is 0.337 e. The van der Waals surface area contributed by atoms with E-state index in [2.05, 4.69) is 15.7 Å². The summed E-state index contributed by atoms with van der Waals surface area (Å²) >= 11 is 0. The standard InChI is InChI=1S/C20H23N5O/c26-20(23-10-5-6-11-23)18-17-9-3-4-12-25(17)19(22-18)16-13-24(14-21-16)15-7-1-2-8-15/h3-4,9,12-15H,1-2,5-8,10-11H2. The molecular formula is C20H23N5O. The van der Waals surface area contributed by atoms with E-state index in [1.165, 1.54) is 25.7 Å².